The van der Waals surface area contributed by atoms with Gasteiger partial charge in [-0.1, -0.05) is 6.42 Å². The standard InChI is InChI=1S/C21H24FNO3/c22-16-6-4-15(5-7-16)20-9-8-19(14-2-1-3-14)23(20)11-10-18-12-17(24)13-21(25)26-18/h4-9,14,17-18,24H,1-3,10-13H2/t17-,18-/m0/s1. The quantitative estimate of drug-likeness (QED) is 0.823. The van der Waals surface area contributed by atoms with Crippen LogP contribution in [-0.2, 0) is 16.1 Å². The highest BCUT2D eigenvalue weighted by molar-refractivity contribution is 5.71. The van der Waals surface area contributed by atoms with Gasteiger partial charge in [0, 0.05) is 30.8 Å². The van der Waals surface area contributed by atoms with Crippen molar-refractivity contribution in [3.8, 4) is 11.3 Å². The lowest BCUT2D eigenvalue weighted by atomic mass is 9.83. The zero-order valence-electron chi connectivity index (χ0n) is 14.7. The number of benzene rings is 1. The summed E-state index contributed by atoms with van der Waals surface area (Å²) in [5, 5.41) is 9.81. The largest absolute Gasteiger partial charge is 0.462 e. The number of cyclic esters (lactones) is 1. The Hall–Kier alpha value is -2.14. The number of aliphatic hydroxyl groups excluding tert-OH is 1. The van der Waals surface area contributed by atoms with Gasteiger partial charge in [-0.15, -0.1) is 0 Å². The molecule has 26 heavy (non-hydrogen) atoms. The lowest BCUT2D eigenvalue weighted by molar-refractivity contribution is -0.160. The van der Waals surface area contributed by atoms with Crippen molar-refractivity contribution in [3.63, 3.8) is 0 Å². The van der Waals surface area contributed by atoms with Gasteiger partial charge in [-0.3, -0.25) is 4.79 Å². The van der Waals surface area contributed by atoms with Crippen molar-refractivity contribution in [1.82, 2.24) is 4.57 Å². The zero-order valence-corrected chi connectivity index (χ0v) is 14.7. The third-order valence-electron chi connectivity index (χ3n) is 5.59. The van der Waals surface area contributed by atoms with E-state index in [1.54, 1.807) is 12.1 Å². The Kier molecular flexibility index (Phi) is 4.81. The molecule has 1 aliphatic carbocycles. The number of aliphatic hydroxyl groups is 1. The van der Waals surface area contributed by atoms with Crippen LogP contribution in [-0.4, -0.2) is 27.9 Å². The molecule has 2 aliphatic rings. The second-order valence-corrected chi connectivity index (χ2v) is 7.42. The maximum atomic E-state index is 13.3. The first kappa shape index (κ1) is 17.3. The molecule has 4 nitrogen and oxygen atoms in total. The van der Waals surface area contributed by atoms with Crippen LogP contribution >= 0.6 is 0 Å². The minimum absolute atomic E-state index is 0.0914. The highest BCUT2D eigenvalue weighted by atomic mass is 19.1. The van der Waals surface area contributed by atoms with Gasteiger partial charge in [-0.2, -0.15) is 0 Å². The van der Waals surface area contributed by atoms with Crippen LogP contribution in [0.15, 0.2) is 36.4 Å². The predicted octanol–water partition coefficient (Wildman–Crippen LogP) is 4.02. The normalized spacial score (nSPS) is 23.5. The van der Waals surface area contributed by atoms with E-state index in [1.807, 2.05) is 0 Å². The maximum Gasteiger partial charge on any atom is 0.308 e. The van der Waals surface area contributed by atoms with Gasteiger partial charge in [0.25, 0.3) is 0 Å². The van der Waals surface area contributed by atoms with Crippen LogP contribution in [0.2, 0.25) is 0 Å². The fourth-order valence-electron chi connectivity index (χ4n) is 3.98. The fourth-order valence-corrected chi connectivity index (χ4v) is 3.98. The number of hydrogen-bond donors (Lipinski definition) is 1. The van der Waals surface area contributed by atoms with Crippen LogP contribution in [0, 0.1) is 5.82 Å². The molecule has 0 bridgehead atoms. The van der Waals surface area contributed by atoms with E-state index in [9.17, 15) is 14.3 Å². The van der Waals surface area contributed by atoms with Crippen LogP contribution in [0.4, 0.5) is 4.39 Å². The number of ether oxygens (including phenoxy) is 1. The first-order valence-electron chi connectivity index (χ1n) is 9.43. The van der Waals surface area contributed by atoms with Crippen LogP contribution in [0.1, 0.15) is 50.1 Å². The second-order valence-electron chi connectivity index (χ2n) is 7.42. The van der Waals surface area contributed by atoms with Crippen LogP contribution in [0.5, 0.6) is 0 Å². The third kappa shape index (κ3) is 3.54. The summed E-state index contributed by atoms with van der Waals surface area (Å²) >= 11 is 0. The predicted molar refractivity (Wildman–Crippen MR) is 96.2 cm³/mol. The molecule has 0 unspecified atom stereocenters. The number of hydrogen-bond acceptors (Lipinski definition) is 3. The SMILES string of the molecule is O=C1C[C@@H](O)C[C@H](CCn2c(-c3ccc(F)cc3)ccc2C2CCC2)O1. The van der Waals surface area contributed by atoms with E-state index >= 15 is 0 Å². The van der Waals surface area contributed by atoms with E-state index in [1.165, 1.54) is 37.1 Å². The molecule has 1 saturated carbocycles. The summed E-state index contributed by atoms with van der Waals surface area (Å²) < 4.78 is 21.0. The molecule has 2 heterocycles. The van der Waals surface area contributed by atoms with Crippen molar-refractivity contribution in [2.45, 2.75) is 63.2 Å². The van der Waals surface area contributed by atoms with E-state index < -0.39 is 6.10 Å². The molecule has 2 atom stereocenters. The number of aromatic nitrogens is 1. The molecule has 2 aromatic rings. The van der Waals surface area contributed by atoms with Crippen molar-refractivity contribution >= 4 is 5.97 Å². The first-order chi connectivity index (χ1) is 12.6. The number of rotatable bonds is 5. The van der Waals surface area contributed by atoms with Crippen LogP contribution < -0.4 is 0 Å². The van der Waals surface area contributed by atoms with Gasteiger partial charge in [0.1, 0.15) is 11.9 Å². The summed E-state index contributed by atoms with van der Waals surface area (Å²) in [5.41, 5.74) is 3.35. The summed E-state index contributed by atoms with van der Waals surface area (Å²) in [6.07, 6.45) is 4.07. The Bertz CT molecular complexity index is 779. The lowest BCUT2D eigenvalue weighted by Gasteiger charge is -2.30. The average molecular weight is 357 g/mol. The van der Waals surface area contributed by atoms with Gasteiger partial charge in [-0.25, -0.2) is 4.39 Å². The molecule has 1 aromatic heterocycles. The van der Waals surface area contributed by atoms with E-state index in [0.717, 1.165) is 17.8 Å². The van der Waals surface area contributed by atoms with Gasteiger partial charge in [0.2, 0.25) is 0 Å². The number of carbonyl (C=O) groups is 1. The first-order valence-corrected chi connectivity index (χ1v) is 9.43. The highest BCUT2D eigenvalue weighted by Gasteiger charge is 2.28. The molecule has 1 saturated heterocycles. The second kappa shape index (κ2) is 7.23. The number of nitrogens with zero attached hydrogens (tertiary/aromatic N) is 1. The summed E-state index contributed by atoms with van der Waals surface area (Å²) in [4.78, 5) is 11.6. The topological polar surface area (TPSA) is 51.5 Å². The Morgan fingerprint density at radius 1 is 1.15 bits per heavy atom. The molecule has 0 amide bonds. The summed E-state index contributed by atoms with van der Waals surface area (Å²) in [5.74, 6) is 0.0112. The summed E-state index contributed by atoms with van der Waals surface area (Å²) in [7, 11) is 0. The third-order valence-corrected chi connectivity index (χ3v) is 5.59. The Balaban J connectivity index is 1.57. The number of halogens is 1. The Labute approximate surface area is 152 Å². The molecular weight excluding hydrogens is 333 g/mol. The molecule has 1 N–H and O–H groups in total. The molecular formula is C21H24FNO3. The van der Waals surface area contributed by atoms with Gasteiger partial charge in [0.15, 0.2) is 0 Å². The summed E-state index contributed by atoms with van der Waals surface area (Å²) in [6, 6.07) is 10.8. The average Bonchev–Trinajstić information content (AvgIpc) is 2.94. The molecule has 138 valence electrons. The lowest BCUT2D eigenvalue weighted by Crippen LogP contribution is -2.33. The summed E-state index contributed by atoms with van der Waals surface area (Å²) in [6.45, 7) is 0.718. The van der Waals surface area contributed by atoms with E-state index in [-0.39, 0.29) is 24.3 Å². The van der Waals surface area contributed by atoms with Crippen molar-refractivity contribution < 1.29 is 19.0 Å². The van der Waals surface area contributed by atoms with Gasteiger partial charge < -0.3 is 14.4 Å². The minimum Gasteiger partial charge on any atom is -0.462 e. The number of esters is 1. The fraction of sp³-hybridized carbons (Fsp3) is 0.476. The monoisotopic (exact) mass is 357 g/mol. The molecule has 5 heteroatoms. The Morgan fingerprint density at radius 2 is 1.92 bits per heavy atom. The smallest absolute Gasteiger partial charge is 0.308 e. The maximum absolute atomic E-state index is 13.3. The molecule has 4 rings (SSSR count). The van der Waals surface area contributed by atoms with Crippen molar-refractivity contribution in [2.24, 2.45) is 0 Å². The highest BCUT2D eigenvalue weighted by Crippen LogP contribution is 2.39. The number of carbonyl (C=O) groups excluding carboxylic acids is 1. The van der Waals surface area contributed by atoms with Gasteiger partial charge in [-0.05, 0) is 60.7 Å². The molecule has 1 aromatic carbocycles. The van der Waals surface area contributed by atoms with Crippen LogP contribution in [0.25, 0.3) is 11.3 Å². The van der Waals surface area contributed by atoms with Crippen molar-refractivity contribution in [2.75, 3.05) is 0 Å². The van der Waals surface area contributed by atoms with E-state index in [0.29, 0.717) is 18.8 Å². The molecule has 0 radical (unpaired) electrons. The minimum atomic E-state index is -0.603. The van der Waals surface area contributed by atoms with Crippen molar-refractivity contribution in [3.05, 3.63) is 47.9 Å². The van der Waals surface area contributed by atoms with E-state index in [4.69, 9.17) is 4.74 Å². The zero-order chi connectivity index (χ0) is 18.1. The molecule has 2 fully saturated rings. The van der Waals surface area contributed by atoms with Gasteiger partial charge >= 0.3 is 5.97 Å². The molecule has 1 aliphatic heterocycles. The van der Waals surface area contributed by atoms with Crippen LogP contribution in [0.3, 0.4) is 0 Å². The molecule has 0 spiro atoms. The Morgan fingerprint density at radius 3 is 2.58 bits per heavy atom. The van der Waals surface area contributed by atoms with E-state index in [2.05, 4.69) is 16.7 Å². The van der Waals surface area contributed by atoms with Gasteiger partial charge in [0.05, 0.1) is 12.5 Å². The van der Waals surface area contributed by atoms with Crippen molar-refractivity contribution in [1.29, 1.82) is 0 Å².